The van der Waals surface area contributed by atoms with E-state index in [0.29, 0.717) is 19.3 Å². The van der Waals surface area contributed by atoms with Crippen LogP contribution in [0.2, 0.25) is 0 Å². The molecule has 0 radical (unpaired) electrons. The predicted octanol–water partition coefficient (Wildman–Crippen LogP) is 4.66. The number of furan rings is 1. The van der Waals surface area contributed by atoms with Crippen molar-refractivity contribution in [3.8, 4) is 11.3 Å². The first kappa shape index (κ1) is 18.2. The van der Waals surface area contributed by atoms with Gasteiger partial charge in [0.2, 0.25) is 0 Å². The summed E-state index contributed by atoms with van der Waals surface area (Å²) < 4.78 is 11.4. The van der Waals surface area contributed by atoms with Crippen LogP contribution in [0.3, 0.4) is 0 Å². The topological polar surface area (TPSA) is 62.6 Å². The Balaban J connectivity index is 1.20. The van der Waals surface area contributed by atoms with E-state index in [4.69, 9.17) is 8.94 Å². The molecule has 2 aromatic carbocycles. The van der Waals surface area contributed by atoms with Crippen LogP contribution < -0.4 is 0 Å². The largest absolute Gasteiger partial charge is 0.460 e. The molecule has 4 aromatic rings. The molecule has 3 heterocycles. The summed E-state index contributed by atoms with van der Waals surface area (Å²) in [5, 5.41) is 16.4. The van der Waals surface area contributed by atoms with Gasteiger partial charge in [0.15, 0.2) is 0 Å². The Kier molecular flexibility index (Phi) is 4.70. The van der Waals surface area contributed by atoms with Crippen LogP contribution in [0, 0.1) is 0 Å². The van der Waals surface area contributed by atoms with Crippen LogP contribution in [0.1, 0.15) is 24.4 Å². The van der Waals surface area contributed by atoms with Gasteiger partial charge in [0.25, 0.3) is 0 Å². The zero-order chi connectivity index (χ0) is 19.7. The Hall–Kier alpha value is -2.89. The number of nitrogens with zero attached hydrogens (tertiary/aromatic N) is 2. The van der Waals surface area contributed by atoms with Crippen LogP contribution in [0.5, 0.6) is 0 Å². The quantitative estimate of drug-likeness (QED) is 0.539. The summed E-state index contributed by atoms with van der Waals surface area (Å²) in [7, 11) is 0. The van der Waals surface area contributed by atoms with E-state index < -0.39 is 5.60 Å². The maximum Gasteiger partial charge on any atom is 0.140 e. The molecule has 1 aliphatic heterocycles. The normalized spacial score (nSPS) is 17.0. The molecular formula is C24H24N2O3. The van der Waals surface area contributed by atoms with Gasteiger partial charge >= 0.3 is 0 Å². The molecule has 0 amide bonds. The molecule has 1 N–H and O–H groups in total. The lowest BCUT2D eigenvalue weighted by Crippen LogP contribution is -2.45. The molecule has 0 unspecified atom stereocenters. The van der Waals surface area contributed by atoms with E-state index >= 15 is 0 Å². The molecule has 2 aromatic heterocycles. The van der Waals surface area contributed by atoms with Gasteiger partial charge in [-0.2, -0.15) is 0 Å². The summed E-state index contributed by atoms with van der Waals surface area (Å²) in [4.78, 5) is 2.34. The lowest BCUT2D eigenvalue weighted by Gasteiger charge is -2.37. The molecule has 1 aliphatic rings. The fourth-order valence-corrected chi connectivity index (χ4v) is 4.10. The number of likely N-dealkylation sites (tertiary alicyclic amines) is 1. The van der Waals surface area contributed by atoms with Gasteiger partial charge in [-0.15, -0.1) is 0 Å². The van der Waals surface area contributed by atoms with E-state index in [-0.39, 0.29) is 0 Å². The van der Waals surface area contributed by atoms with Crippen molar-refractivity contribution in [2.24, 2.45) is 0 Å². The highest BCUT2D eigenvalue weighted by molar-refractivity contribution is 5.77. The number of hydrogen-bond acceptors (Lipinski definition) is 5. The summed E-state index contributed by atoms with van der Waals surface area (Å²) >= 11 is 0. The molecular weight excluding hydrogens is 364 g/mol. The average molecular weight is 388 g/mol. The average Bonchev–Trinajstić information content (AvgIpc) is 3.37. The Labute approximate surface area is 169 Å². The molecule has 1 fully saturated rings. The van der Waals surface area contributed by atoms with Crippen molar-refractivity contribution in [3.05, 3.63) is 78.3 Å². The number of benzene rings is 2. The van der Waals surface area contributed by atoms with E-state index in [9.17, 15) is 5.11 Å². The van der Waals surface area contributed by atoms with E-state index in [0.717, 1.165) is 53.4 Å². The molecule has 0 saturated carbocycles. The minimum atomic E-state index is -0.752. The van der Waals surface area contributed by atoms with Gasteiger partial charge < -0.3 is 14.0 Å². The van der Waals surface area contributed by atoms with Crippen molar-refractivity contribution in [1.82, 2.24) is 10.1 Å². The summed E-state index contributed by atoms with van der Waals surface area (Å²) in [6, 6.07) is 22.1. The first-order valence-corrected chi connectivity index (χ1v) is 10.1. The molecule has 0 bridgehead atoms. The van der Waals surface area contributed by atoms with Crippen LogP contribution in [0.15, 0.2) is 75.7 Å². The van der Waals surface area contributed by atoms with E-state index in [1.54, 1.807) is 0 Å². The minimum Gasteiger partial charge on any atom is -0.460 e. The first-order chi connectivity index (χ1) is 14.2. The number of aromatic nitrogens is 1. The van der Waals surface area contributed by atoms with Gasteiger partial charge in [-0.25, -0.2) is 0 Å². The Morgan fingerprint density at radius 3 is 2.48 bits per heavy atom. The second kappa shape index (κ2) is 7.50. The van der Waals surface area contributed by atoms with Crippen LogP contribution in [-0.2, 0) is 13.0 Å². The van der Waals surface area contributed by atoms with E-state index in [1.165, 1.54) is 0 Å². The molecule has 0 aliphatic carbocycles. The zero-order valence-electron chi connectivity index (χ0n) is 16.3. The highest BCUT2D eigenvalue weighted by Crippen LogP contribution is 2.29. The Morgan fingerprint density at radius 1 is 0.931 bits per heavy atom. The monoisotopic (exact) mass is 388 g/mol. The predicted molar refractivity (Wildman–Crippen MR) is 111 cm³/mol. The van der Waals surface area contributed by atoms with E-state index in [1.807, 2.05) is 54.6 Å². The number of aliphatic hydroxyl groups is 1. The van der Waals surface area contributed by atoms with Crippen LogP contribution in [0.25, 0.3) is 22.2 Å². The fraction of sp³-hybridized carbons (Fsp3) is 0.292. The van der Waals surface area contributed by atoms with Crippen LogP contribution in [-0.4, -0.2) is 33.9 Å². The first-order valence-electron chi connectivity index (χ1n) is 10.1. The van der Waals surface area contributed by atoms with E-state index in [2.05, 4.69) is 22.2 Å². The Bertz CT molecular complexity index is 1060. The van der Waals surface area contributed by atoms with Crippen molar-refractivity contribution in [2.45, 2.75) is 31.4 Å². The Morgan fingerprint density at radius 2 is 1.69 bits per heavy atom. The summed E-state index contributed by atoms with van der Waals surface area (Å²) in [6.07, 6.45) is 1.90. The smallest absolute Gasteiger partial charge is 0.140 e. The molecule has 148 valence electrons. The fourth-order valence-electron chi connectivity index (χ4n) is 4.10. The SMILES string of the molecule is OC1(Cc2cc(-c3ccccc3)no2)CCN(Cc2cc3ccccc3o2)CC1. The van der Waals surface area contributed by atoms with Crippen molar-refractivity contribution < 1.29 is 14.0 Å². The molecule has 0 atom stereocenters. The molecule has 0 spiro atoms. The number of rotatable bonds is 5. The number of para-hydroxylation sites is 1. The van der Waals surface area contributed by atoms with Crippen molar-refractivity contribution in [1.29, 1.82) is 0 Å². The number of piperidine rings is 1. The summed E-state index contributed by atoms with van der Waals surface area (Å²) in [5.74, 6) is 1.71. The highest BCUT2D eigenvalue weighted by Gasteiger charge is 2.34. The van der Waals surface area contributed by atoms with Gasteiger partial charge in [-0.1, -0.05) is 53.7 Å². The second-order valence-corrected chi connectivity index (χ2v) is 7.97. The third-order valence-corrected chi connectivity index (χ3v) is 5.77. The molecule has 29 heavy (non-hydrogen) atoms. The molecule has 1 saturated heterocycles. The molecule has 5 heteroatoms. The zero-order valence-corrected chi connectivity index (χ0v) is 16.3. The van der Waals surface area contributed by atoms with Crippen molar-refractivity contribution in [2.75, 3.05) is 13.1 Å². The lowest BCUT2D eigenvalue weighted by atomic mass is 9.87. The van der Waals surface area contributed by atoms with Gasteiger partial charge in [0.05, 0.1) is 12.1 Å². The number of hydrogen-bond donors (Lipinski definition) is 1. The second-order valence-electron chi connectivity index (χ2n) is 7.97. The third kappa shape index (κ3) is 3.97. The van der Waals surface area contributed by atoms with Gasteiger partial charge in [-0.05, 0) is 25.0 Å². The molecule has 5 nitrogen and oxygen atoms in total. The highest BCUT2D eigenvalue weighted by atomic mass is 16.5. The third-order valence-electron chi connectivity index (χ3n) is 5.77. The number of fused-ring (bicyclic) bond motifs is 1. The lowest BCUT2D eigenvalue weighted by molar-refractivity contribution is -0.0276. The summed E-state index contributed by atoms with van der Waals surface area (Å²) in [6.45, 7) is 2.42. The minimum absolute atomic E-state index is 0.491. The standard InChI is InChI=1S/C24H24N2O3/c27-24(16-20-15-22(25-29-20)18-6-2-1-3-7-18)10-12-26(13-11-24)17-21-14-19-8-4-5-9-23(19)28-21/h1-9,14-15,27H,10-13,16-17H2. The summed E-state index contributed by atoms with van der Waals surface area (Å²) in [5.41, 5.74) is 2.01. The van der Waals surface area contributed by atoms with Gasteiger partial charge in [0, 0.05) is 36.5 Å². The van der Waals surface area contributed by atoms with Crippen molar-refractivity contribution >= 4 is 11.0 Å². The molecule has 5 rings (SSSR count). The van der Waals surface area contributed by atoms with Crippen LogP contribution >= 0.6 is 0 Å². The maximum absolute atomic E-state index is 11.1. The maximum atomic E-state index is 11.1. The van der Waals surface area contributed by atoms with Gasteiger partial charge in [-0.3, -0.25) is 4.90 Å². The van der Waals surface area contributed by atoms with Crippen molar-refractivity contribution in [3.63, 3.8) is 0 Å². The van der Waals surface area contributed by atoms with Crippen LogP contribution in [0.4, 0.5) is 0 Å². The van der Waals surface area contributed by atoms with Gasteiger partial charge in [0.1, 0.15) is 22.8 Å².